The lowest BCUT2D eigenvalue weighted by molar-refractivity contribution is -0.696. The van der Waals surface area contributed by atoms with Gasteiger partial charge in [-0.1, -0.05) is 0 Å². The van der Waals surface area contributed by atoms with Crippen molar-refractivity contribution in [2.75, 3.05) is 40.1 Å². The second-order valence-corrected chi connectivity index (χ2v) is 4.37. The summed E-state index contributed by atoms with van der Waals surface area (Å²) >= 11 is 0. The van der Waals surface area contributed by atoms with Gasteiger partial charge in [0.15, 0.2) is 0 Å². The molecule has 0 unspecified atom stereocenters. The van der Waals surface area contributed by atoms with Crippen LogP contribution in [0.25, 0.3) is 0 Å². The Kier molecular flexibility index (Phi) is 9.49. The summed E-state index contributed by atoms with van der Waals surface area (Å²) in [6.45, 7) is 4.81. The van der Waals surface area contributed by atoms with Crippen molar-refractivity contribution in [3.63, 3.8) is 0 Å². The molecule has 6 nitrogen and oxygen atoms in total. The maximum absolute atomic E-state index is 8.49. The molecule has 0 spiro atoms. The topological polar surface area (TPSA) is 60.3 Å². The Hall–Kier alpha value is -1.42. The summed E-state index contributed by atoms with van der Waals surface area (Å²) in [6.07, 6.45) is 7.57. The highest BCUT2D eigenvalue weighted by atomic mass is 16.5. The molecule has 0 atom stereocenters. The third-order valence-corrected chi connectivity index (χ3v) is 2.75. The first-order valence-electron chi connectivity index (χ1n) is 6.93. The molecular formula is C14H24N3O3+. The number of aryl methyl sites for hydroxylation is 1. The van der Waals surface area contributed by atoms with Crippen molar-refractivity contribution in [1.29, 1.82) is 5.26 Å². The molecular weight excluding hydrogens is 258 g/mol. The van der Waals surface area contributed by atoms with Crippen molar-refractivity contribution in [1.82, 2.24) is 4.57 Å². The predicted molar refractivity (Wildman–Crippen MR) is 73.0 cm³/mol. The summed E-state index contributed by atoms with van der Waals surface area (Å²) in [5, 5.41) is 8.49. The van der Waals surface area contributed by atoms with Gasteiger partial charge in [-0.15, -0.1) is 0 Å². The molecule has 0 saturated carbocycles. The Labute approximate surface area is 120 Å². The normalized spacial score (nSPS) is 10.6. The lowest BCUT2D eigenvalue weighted by Crippen LogP contribution is -2.30. The molecule has 1 aromatic heterocycles. The van der Waals surface area contributed by atoms with Gasteiger partial charge in [0.25, 0.3) is 0 Å². The minimum absolute atomic E-state index is 0.600. The molecule has 0 amide bonds. The van der Waals surface area contributed by atoms with Gasteiger partial charge < -0.3 is 14.2 Å². The molecule has 0 N–H and O–H groups in total. The van der Waals surface area contributed by atoms with Crippen LogP contribution < -0.4 is 4.57 Å². The quantitative estimate of drug-likeness (QED) is 0.419. The Morgan fingerprint density at radius 3 is 2.65 bits per heavy atom. The SMILES string of the molecule is COCCOCCOCCn1cc[n+](CCCC#N)c1. The number of nitriles is 1. The van der Waals surface area contributed by atoms with Crippen molar-refractivity contribution in [3.05, 3.63) is 18.7 Å². The van der Waals surface area contributed by atoms with Crippen LogP contribution in [0, 0.1) is 11.3 Å². The van der Waals surface area contributed by atoms with E-state index >= 15 is 0 Å². The number of nitrogens with zero attached hydrogens (tertiary/aromatic N) is 3. The molecule has 0 fully saturated rings. The van der Waals surface area contributed by atoms with Gasteiger partial charge in [-0.05, 0) is 6.42 Å². The fourth-order valence-electron chi connectivity index (χ4n) is 1.68. The number of hydrogen-bond acceptors (Lipinski definition) is 4. The van der Waals surface area contributed by atoms with Gasteiger partial charge in [-0.2, -0.15) is 5.26 Å². The van der Waals surface area contributed by atoms with E-state index in [1.807, 2.05) is 18.7 Å². The molecule has 0 aliphatic rings. The van der Waals surface area contributed by atoms with E-state index < -0.39 is 0 Å². The van der Waals surface area contributed by atoms with E-state index in [2.05, 4.69) is 15.2 Å². The summed E-state index contributed by atoms with van der Waals surface area (Å²) in [6, 6.07) is 2.15. The maximum Gasteiger partial charge on any atom is 0.243 e. The van der Waals surface area contributed by atoms with Crippen molar-refractivity contribution in [3.8, 4) is 6.07 Å². The van der Waals surface area contributed by atoms with Crippen LogP contribution in [0.2, 0.25) is 0 Å². The Bertz CT molecular complexity index is 387. The van der Waals surface area contributed by atoms with E-state index in [1.165, 1.54) is 0 Å². The number of unbranched alkanes of at least 4 members (excludes halogenated alkanes) is 1. The number of aromatic nitrogens is 2. The number of ether oxygens (including phenoxy) is 3. The Morgan fingerprint density at radius 1 is 1.15 bits per heavy atom. The van der Waals surface area contributed by atoms with Crippen LogP contribution in [-0.4, -0.2) is 44.7 Å². The largest absolute Gasteiger partial charge is 0.382 e. The molecule has 1 heterocycles. The highest BCUT2D eigenvalue weighted by molar-refractivity contribution is 4.68. The first-order chi connectivity index (χ1) is 9.86. The lowest BCUT2D eigenvalue weighted by atomic mass is 10.3. The monoisotopic (exact) mass is 282 g/mol. The molecule has 0 aliphatic carbocycles. The fraction of sp³-hybridized carbons (Fsp3) is 0.714. The third-order valence-electron chi connectivity index (χ3n) is 2.75. The molecule has 0 saturated heterocycles. The highest BCUT2D eigenvalue weighted by Crippen LogP contribution is 1.90. The summed E-state index contributed by atoms with van der Waals surface area (Å²) in [5.74, 6) is 0. The standard InChI is InChI=1S/C14H24N3O3/c1-18-10-11-20-13-12-19-9-8-17-7-6-16(14-17)5-3-2-4-15/h6-7,14H,2-3,5,8-13H2,1H3/q+1. The number of imidazole rings is 1. The van der Waals surface area contributed by atoms with E-state index in [1.54, 1.807) is 7.11 Å². The van der Waals surface area contributed by atoms with Crippen LogP contribution in [0.15, 0.2) is 18.7 Å². The maximum atomic E-state index is 8.49. The zero-order valence-electron chi connectivity index (χ0n) is 12.2. The van der Waals surface area contributed by atoms with E-state index in [0.717, 1.165) is 19.5 Å². The molecule has 0 aromatic carbocycles. The highest BCUT2D eigenvalue weighted by Gasteiger charge is 2.03. The minimum Gasteiger partial charge on any atom is -0.382 e. The summed E-state index contributed by atoms with van der Waals surface area (Å²) < 4.78 is 19.8. The minimum atomic E-state index is 0.600. The predicted octanol–water partition coefficient (Wildman–Crippen LogP) is 0.759. The second-order valence-electron chi connectivity index (χ2n) is 4.37. The van der Waals surface area contributed by atoms with Gasteiger partial charge in [0.05, 0.1) is 45.6 Å². The third kappa shape index (κ3) is 7.89. The molecule has 0 radical (unpaired) electrons. The zero-order chi connectivity index (χ0) is 14.5. The van der Waals surface area contributed by atoms with E-state index in [9.17, 15) is 0 Å². The molecule has 1 rings (SSSR count). The van der Waals surface area contributed by atoms with Gasteiger partial charge >= 0.3 is 0 Å². The van der Waals surface area contributed by atoms with Crippen molar-refractivity contribution in [2.45, 2.75) is 25.9 Å². The molecule has 6 heteroatoms. The number of methoxy groups -OCH3 is 1. The van der Waals surface area contributed by atoms with Crippen LogP contribution in [0.5, 0.6) is 0 Å². The van der Waals surface area contributed by atoms with Gasteiger partial charge in [-0.3, -0.25) is 0 Å². The molecule has 20 heavy (non-hydrogen) atoms. The molecule has 0 aliphatic heterocycles. The number of hydrogen-bond donors (Lipinski definition) is 0. The Morgan fingerprint density at radius 2 is 1.90 bits per heavy atom. The summed E-state index contributed by atoms with van der Waals surface area (Å²) in [7, 11) is 1.66. The number of rotatable bonds is 12. The zero-order valence-corrected chi connectivity index (χ0v) is 12.2. The lowest BCUT2D eigenvalue weighted by Gasteiger charge is -2.04. The fourth-order valence-corrected chi connectivity index (χ4v) is 1.68. The van der Waals surface area contributed by atoms with Crippen LogP contribution in [0.4, 0.5) is 0 Å². The molecule has 0 bridgehead atoms. The van der Waals surface area contributed by atoms with Crippen molar-refractivity contribution < 1.29 is 18.8 Å². The van der Waals surface area contributed by atoms with Gasteiger partial charge in [0.2, 0.25) is 6.33 Å². The van der Waals surface area contributed by atoms with Gasteiger partial charge in [-0.25, -0.2) is 9.13 Å². The van der Waals surface area contributed by atoms with E-state index in [0.29, 0.717) is 39.5 Å². The van der Waals surface area contributed by atoms with Crippen LogP contribution in [-0.2, 0) is 27.3 Å². The van der Waals surface area contributed by atoms with Crippen LogP contribution >= 0.6 is 0 Å². The van der Waals surface area contributed by atoms with Crippen LogP contribution in [0.3, 0.4) is 0 Å². The average molecular weight is 282 g/mol. The van der Waals surface area contributed by atoms with Crippen molar-refractivity contribution >= 4 is 0 Å². The van der Waals surface area contributed by atoms with E-state index in [4.69, 9.17) is 19.5 Å². The molecule has 112 valence electrons. The summed E-state index contributed by atoms with van der Waals surface area (Å²) in [4.78, 5) is 0. The van der Waals surface area contributed by atoms with E-state index in [-0.39, 0.29) is 0 Å². The van der Waals surface area contributed by atoms with Gasteiger partial charge in [0, 0.05) is 13.5 Å². The summed E-state index contributed by atoms with van der Waals surface area (Å²) in [5.41, 5.74) is 0. The van der Waals surface area contributed by atoms with Crippen LogP contribution in [0.1, 0.15) is 12.8 Å². The van der Waals surface area contributed by atoms with Crippen molar-refractivity contribution in [2.24, 2.45) is 0 Å². The smallest absolute Gasteiger partial charge is 0.243 e. The first-order valence-corrected chi connectivity index (χ1v) is 6.93. The molecule has 1 aromatic rings. The average Bonchev–Trinajstić information content (AvgIpc) is 2.90. The first kappa shape index (κ1) is 16.6. The van der Waals surface area contributed by atoms with Gasteiger partial charge in [0.1, 0.15) is 18.9 Å². The second kappa shape index (κ2) is 11.4. The Balaban J connectivity index is 2.00.